The molecule has 1 aromatic carbocycles. The third-order valence-electron chi connectivity index (χ3n) is 3.97. The predicted octanol–water partition coefficient (Wildman–Crippen LogP) is 3.50. The molecule has 0 radical (unpaired) electrons. The monoisotopic (exact) mass is 350 g/mol. The highest BCUT2D eigenvalue weighted by Crippen LogP contribution is 2.29. The van der Waals surface area contributed by atoms with Crippen molar-refractivity contribution in [3.05, 3.63) is 54.2 Å². The van der Waals surface area contributed by atoms with Gasteiger partial charge >= 0.3 is 12.2 Å². The van der Waals surface area contributed by atoms with Crippen LogP contribution in [0.15, 0.2) is 48.7 Å². The third kappa shape index (κ3) is 4.40. The molecule has 0 spiro atoms. The maximum absolute atomic E-state index is 12.5. The van der Waals surface area contributed by atoms with Gasteiger partial charge in [0.2, 0.25) is 0 Å². The molecular formula is C17H17F3N4O. The first-order chi connectivity index (χ1) is 11.9. The minimum atomic E-state index is -4.39. The summed E-state index contributed by atoms with van der Waals surface area (Å²) in [4.78, 5) is 18.4. The Morgan fingerprint density at radius 1 is 1.16 bits per heavy atom. The summed E-state index contributed by atoms with van der Waals surface area (Å²) >= 11 is 0. The molecule has 1 atom stereocenters. The highest BCUT2D eigenvalue weighted by molar-refractivity contribution is 5.89. The molecule has 25 heavy (non-hydrogen) atoms. The Labute approximate surface area is 142 Å². The van der Waals surface area contributed by atoms with E-state index in [2.05, 4.69) is 20.5 Å². The highest BCUT2D eigenvalue weighted by atomic mass is 19.4. The molecule has 2 N–H and O–H groups in total. The summed E-state index contributed by atoms with van der Waals surface area (Å²) in [5.74, 6) is 0.856. The van der Waals surface area contributed by atoms with Crippen LogP contribution < -0.4 is 15.5 Å². The van der Waals surface area contributed by atoms with E-state index in [1.807, 2.05) is 18.2 Å². The van der Waals surface area contributed by atoms with E-state index in [4.69, 9.17) is 0 Å². The minimum Gasteiger partial charge on any atom is -0.354 e. The van der Waals surface area contributed by atoms with Crippen LogP contribution in [-0.4, -0.2) is 30.1 Å². The molecule has 5 nitrogen and oxygen atoms in total. The molecule has 0 unspecified atom stereocenters. The van der Waals surface area contributed by atoms with Gasteiger partial charge in [0.05, 0.1) is 5.56 Å². The molecule has 3 rings (SSSR count). The van der Waals surface area contributed by atoms with Crippen LogP contribution in [0, 0.1) is 0 Å². The Balaban J connectivity index is 1.52. The molecule has 132 valence electrons. The predicted molar refractivity (Wildman–Crippen MR) is 88.5 cm³/mol. The van der Waals surface area contributed by atoms with Gasteiger partial charge in [-0.25, -0.2) is 9.78 Å². The average molecular weight is 350 g/mol. The lowest BCUT2D eigenvalue weighted by Crippen LogP contribution is -2.39. The third-order valence-corrected chi connectivity index (χ3v) is 3.97. The number of hydrogen-bond acceptors (Lipinski definition) is 3. The van der Waals surface area contributed by atoms with Crippen LogP contribution in [0.5, 0.6) is 0 Å². The first-order valence-corrected chi connectivity index (χ1v) is 7.82. The van der Waals surface area contributed by atoms with E-state index in [1.165, 1.54) is 12.1 Å². The van der Waals surface area contributed by atoms with E-state index in [9.17, 15) is 18.0 Å². The fourth-order valence-electron chi connectivity index (χ4n) is 2.72. The lowest BCUT2D eigenvalue weighted by Gasteiger charge is -2.18. The van der Waals surface area contributed by atoms with Gasteiger partial charge in [-0.05, 0) is 42.8 Å². The number of benzene rings is 1. The van der Waals surface area contributed by atoms with Crippen LogP contribution in [0.4, 0.5) is 29.5 Å². The first-order valence-electron chi connectivity index (χ1n) is 7.82. The Bertz CT molecular complexity index is 719. The van der Waals surface area contributed by atoms with Gasteiger partial charge in [0, 0.05) is 31.0 Å². The molecular weight excluding hydrogens is 333 g/mol. The molecule has 1 fully saturated rings. The number of aromatic nitrogens is 1. The Hall–Kier alpha value is -2.77. The largest absolute Gasteiger partial charge is 0.416 e. The van der Waals surface area contributed by atoms with Gasteiger partial charge in [-0.1, -0.05) is 6.07 Å². The molecule has 1 aliphatic rings. The van der Waals surface area contributed by atoms with Gasteiger partial charge in [-0.3, -0.25) is 0 Å². The number of halogens is 3. The van der Waals surface area contributed by atoms with Crippen LogP contribution in [-0.2, 0) is 6.18 Å². The van der Waals surface area contributed by atoms with E-state index in [1.54, 1.807) is 6.20 Å². The zero-order chi connectivity index (χ0) is 17.9. The number of hydrogen-bond donors (Lipinski definition) is 2. The minimum absolute atomic E-state index is 0.0449. The second-order valence-electron chi connectivity index (χ2n) is 5.79. The summed E-state index contributed by atoms with van der Waals surface area (Å²) in [6.45, 7) is 1.42. The Kier molecular flexibility index (Phi) is 4.78. The van der Waals surface area contributed by atoms with Crippen molar-refractivity contribution < 1.29 is 18.0 Å². The number of carbonyl (C=O) groups is 1. The first kappa shape index (κ1) is 17.1. The van der Waals surface area contributed by atoms with Crippen molar-refractivity contribution in [2.75, 3.05) is 23.3 Å². The molecule has 2 amide bonds. The van der Waals surface area contributed by atoms with Gasteiger partial charge in [0.1, 0.15) is 5.82 Å². The van der Waals surface area contributed by atoms with Gasteiger partial charge in [0.15, 0.2) is 0 Å². The number of anilines is 2. The second kappa shape index (κ2) is 7.00. The maximum atomic E-state index is 12.5. The molecule has 1 aromatic heterocycles. The van der Waals surface area contributed by atoms with Crippen molar-refractivity contribution in [2.24, 2.45) is 0 Å². The zero-order valence-corrected chi connectivity index (χ0v) is 13.3. The Morgan fingerprint density at radius 2 is 1.92 bits per heavy atom. The molecule has 0 bridgehead atoms. The smallest absolute Gasteiger partial charge is 0.354 e. The molecule has 8 heteroatoms. The fourth-order valence-corrected chi connectivity index (χ4v) is 2.72. The Morgan fingerprint density at radius 3 is 2.56 bits per heavy atom. The number of alkyl halides is 3. The van der Waals surface area contributed by atoms with Crippen molar-refractivity contribution in [1.29, 1.82) is 0 Å². The number of amides is 2. The van der Waals surface area contributed by atoms with Crippen LogP contribution in [0.25, 0.3) is 0 Å². The van der Waals surface area contributed by atoms with E-state index in [0.717, 1.165) is 30.9 Å². The van der Waals surface area contributed by atoms with Crippen molar-refractivity contribution in [1.82, 2.24) is 10.3 Å². The summed E-state index contributed by atoms with van der Waals surface area (Å²) in [7, 11) is 0. The van der Waals surface area contributed by atoms with Gasteiger partial charge in [-0.2, -0.15) is 13.2 Å². The lowest BCUT2D eigenvalue weighted by atomic mass is 10.2. The summed E-state index contributed by atoms with van der Waals surface area (Å²) in [5.41, 5.74) is -0.440. The van der Waals surface area contributed by atoms with E-state index in [-0.39, 0.29) is 6.04 Å². The number of carbonyl (C=O) groups excluding carboxylic acids is 1. The van der Waals surface area contributed by atoms with Gasteiger partial charge in [-0.15, -0.1) is 0 Å². The standard InChI is InChI=1S/C17H17F3N4O/c18-17(19,20)12-4-6-13(7-5-12)22-16(25)23-14-8-10-24(11-14)15-3-1-2-9-21-15/h1-7,9,14H,8,10-11H2,(H2,22,23,25)/t14-/m1/s1. The summed E-state index contributed by atoms with van der Waals surface area (Å²) < 4.78 is 37.6. The van der Waals surface area contributed by atoms with Crippen molar-refractivity contribution in [3.8, 4) is 0 Å². The highest BCUT2D eigenvalue weighted by Gasteiger charge is 2.30. The van der Waals surface area contributed by atoms with Crippen LogP contribution in [0.1, 0.15) is 12.0 Å². The summed E-state index contributed by atoms with van der Waals surface area (Å²) in [6, 6.07) is 9.51. The van der Waals surface area contributed by atoms with Crippen LogP contribution >= 0.6 is 0 Å². The number of rotatable bonds is 3. The number of pyridine rings is 1. The topological polar surface area (TPSA) is 57.3 Å². The lowest BCUT2D eigenvalue weighted by molar-refractivity contribution is -0.137. The SMILES string of the molecule is O=C(Nc1ccc(C(F)(F)F)cc1)N[C@@H]1CCN(c2ccccn2)C1. The van der Waals surface area contributed by atoms with E-state index >= 15 is 0 Å². The number of nitrogens with zero attached hydrogens (tertiary/aromatic N) is 2. The molecule has 0 saturated carbocycles. The molecule has 0 aliphatic carbocycles. The number of urea groups is 1. The van der Waals surface area contributed by atoms with Crippen molar-refractivity contribution >= 4 is 17.5 Å². The van der Waals surface area contributed by atoms with Gasteiger partial charge < -0.3 is 15.5 Å². The fraction of sp³-hybridized carbons (Fsp3) is 0.294. The molecule has 2 heterocycles. The van der Waals surface area contributed by atoms with E-state index in [0.29, 0.717) is 12.2 Å². The molecule has 2 aromatic rings. The van der Waals surface area contributed by atoms with E-state index < -0.39 is 17.8 Å². The van der Waals surface area contributed by atoms with Gasteiger partial charge in [0.25, 0.3) is 0 Å². The zero-order valence-electron chi connectivity index (χ0n) is 13.3. The normalized spacial score (nSPS) is 17.4. The number of nitrogens with one attached hydrogen (secondary N) is 2. The maximum Gasteiger partial charge on any atom is 0.416 e. The molecule has 1 saturated heterocycles. The second-order valence-corrected chi connectivity index (χ2v) is 5.79. The quantitative estimate of drug-likeness (QED) is 0.891. The summed E-state index contributed by atoms with van der Waals surface area (Å²) in [5, 5.41) is 5.38. The molecule has 1 aliphatic heterocycles. The van der Waals surface area contributed by atoms with Crippen molar-refractivity contribution in [2.45, 2.75) is 18.6 Å². The van der Waals surface area contributed by atoms with Crippen LogP contribution in [0.2, 0.25) is 0 Å². The van der Waals surface area contributed by atoms with Crippen molar-refractivity contribution in [3.63, 3.8) is 0 Å². The summed E-state index contributed by atoms with van der Waals surface area (Å²) in [6.07, 6.45) is -1.90. The van der Waals surface area contributed by atoms with Crippen LogP contribution in [0.3, 0.4) is 0 Å². The average Bonchev–Trinajstić information content (AvgIpc) is 3.03.